The van der Waals surface area contributed by atoms with E-state index in [1.807, 2.05) is 24.3 Å². The zero-order valence-electron chi connectivity index (χ0n) is 11.0. The molecule has 0 aliphatic heterocycles. The Morgan fingerprint density at radius 2 is 1.95 bits per heavy atom. The smallest absolute Gasteiger partial charge is 0.134 e. The lowest BCUT2D eigenvalue weighted by atomic mass is 10.2. The van der Waals surface area contributed by atoms with Gasteiger partial charge in [0, 0.05) is 5.56 Å². The molecule has 4 heteroatoms. The lowest BCUT2D eigenvalue weighted by Crippen LogP contribution is -2.18. The van der Waals surface area contributed by atoms with Gasteiger partial charge in [-0.05, 0) is 50.2 Å². The van der Waals surface area contributed by atoms with Crippen LogP contribution in [-0.4, -0.2) is 6.54 Å². The molecule has 19 heavy (non-hydrogen) atoms. The van der Waals surface area contributed by atoms with E-state index < -0.39 is 0 Å². The van der Waals surface area contributed by atoms with Crippen molar-refractivity contribution in [2.45, 2.75) is 26.3 Å². The molecular weight excluding hydrogens is 281 g/mol. The molecular formula is C15H17Cl2NO. The monoisotopic (exact) mass is 297 g/mol. The van der Waals surface area contributed by atoms with Crippen molar-refractivity contribution in [2.24, 2.45) is 0 Å². The van der Waals surface area contributed by atoms with E-state index in [2.05, 4.69) is 19.2 Å². The Labute approximate surface area is 123 Å². The van der Waals surface area contributed by atoms with E-state index in [9.17, 15) is 0 Å². The molecule has 102 valence electrons. The van der Waals surface area contributed by atoms with Crippen LogP contribution in [0.15, 0.2) is 34.7 Å². The largest absolute Gasteiger partial charge is 0.459 e. The van der Waals surface area contributed by atoms with E-state index in [-0.39, 0.29) is 6.04 Å². The second-order valence-corrected chi connectivity index (χ2v) is 5.32. The summed E-state index contributed by atoms with van der Waals surface area (Å²) in [5, 5.41) is 4.48. The van der Waals surface area contributed by atoms with Gasteiger partial charge in [-0.2, -0.15) is 0 Å². The zero-order chi connectivity index (χ0) is 13.8. The SMILES string of the molecule is CCCNC(C)c1ccc(-c2ccc(Cl)c(Cl)c2)o1. The molecule has 2 rings (SSSR count). The van der Waals surface area contributed by atoms with Gasteiger partial charge in [-0.3, -0.25) is 0 Å². The first-order chi connectivity index (χ1) is 9.11. The fourth-order valence-corrected chi connectivity index (χ4v) is 2.15. The van der Waals surface area contributed by atoms with Crippen LogP contribution < -0.4 is 5.32 Å². The number of nitrogens with one attached hydrogen (secondary N) is 1. The molecule has 0 bridgehead atoms. The summed E-state index contributed by atoms with van der Waals surface area (Å²) in [5.41, 5.74) is 0.934. The maximum atomic E-state index is 6.02. The minimum absolute atomic E-state index is 0.205. The van der Waals surface area contributed by atoms with Crippen molar-refractivity contribution >= 4 is 23.2 Å². The fraction of sp³-hybridized carbons (Fsp3) is 0.333. The highest BCUT2D eigenvalue weighted by molar-refractivity contribution is 6.42. The van der Waals surface area contributed by atoms with Crippen LogP contribution in [0.4, 0.5) is 0 Å². The Morgan fingerprint density at radius 3 is 2.63 bits per heavy atom. The van der Waals surface area contributed by atoms with Crippen LogP contribution in [0.2, 0.25) is 10.0 Å². The Hall–Kier alpha value is -0.960. The molecule has 0 aliphatic rings. The lowest BCUT2D eigenvalue weighted by Gasteiger charge is -2.09. The Kier molecular flexibility index (Phi) is 4.92. The summed E-state index contributed by atoms with van der Waals surface area (Å²) in [4.78, 5) is 0. The molecule has 0 spiro atoms. The summed E-state index contributed by atoms with van der Waals surface area (Å²) in [6, 6.07) is 9.65. The first kappa shape index (κ1) is 14.4. The molecule has 2 nitrogen and oxygen atoms in total. The van der Waals surface area contributed by atoms with E-state index in [0.29, 0.717) is 10.0 Å². The maximum Gasteiger partial charge on any atom is 0.134 e. The van der Waals surface area contributed by atoms with Gasteiger partial charge in [-0.25, -0.2) is 0 Å². The second-order valence-electron chi connectivity index (χ2n) is 4.51. The number of benzene rings is 1. The summed E-state index contributed by atoms with van der Waals surface area (Å²) in [5.74, 6) is 1.73. The minimum atomic E-state index is 0.205. The predicted molar refractivity (Wildman–Crippen MR) is 80.9 cm³/mol. The van der Waals surface area contributed by atoms with Gasteiger partial charge >= 0.3 is 0 Å². The van der Waals surface area contributed by atoms with Crippen molar-refractivity contribution in [3.8, 4) is 11.3 Å². The molecule has 1 N–H and O–H groups in total. The van der Waals surface area contributed by atoms with Crippen molar-refractivity contribution < 1.29 is 4.42 Å². The van der Waals surface area contributed by atoms with E-state index in [1.165, 1.54) is 0 Å². The second kappa shape index (κ2) is 6.47. The molecule has 1 unspecified atom stereocenters. The molecule has 0 saturated heterocycles. The molecule has 1 atom stereocenters. The van der Waals surface area contributed by atoms with Crippen molar-refractivity contribution in [1.82, 2.24) is 5.32 Å². The topological polar surface area (TPSA) is 25.2 Å². The Morgan fingerprint density at radius 1 is 1.16 bits per heavy atom. The van der Waals surface area contributed by atoms with Gasteiger partial charge in [-0.15, -0.1) is 0 Å². The summed E-state index contributed by atoms with van der Waals surface area (Å²) in [6.45, 7) is 5.21. The van der Waals surface area contributed by atoms with Crippen LogP contribution >= 0.6 is 23.2 Å². The summed E-state index contributed by atoms with van der Waals surface area (Å²) in [7, 11) is 0. The van der Waals surface area contributed by atoms with E-state index >= 15 is 0 Å². The highest BCUT2D eigenvalue weighted by Gasteiger charge is 2.11. The first-order valence-corrected chi connectivity index (χ1v) is 7.16. The quantitative estimate of drug-likeness (QED) is 0.808. The van der Waals surface area contributed by atoms with Crippen LogP contribution in [0, 0.1) is 0 Å². The molecule has 0 radical (unpaired) electrons. The molecule has 1 aromatic carbocycles. The van der Waals surface area contributed by atoms with Crippen LogP contribution in [0.25, 0.3) is 11.3 Å². The van der Waals surface area contributed by atoms with Crippen molar-refractivity contribution in [3.63, 3.8) is 0 Å². The Balaban J connectivity index is 2.18. The van der Waals surface area contributed by atoms with Crippen LogP contribution in [0.3, 0.4) is 0 Å². The van der Waals surface area contributed by atoms with Gasteiger partial charge in [0.05, 0.1) is 16.1 Å². The summed E-state index contributed by atoms with van der Waals surface area (Å²) < 4.78 is 5.86. The first-order valence-electron chi connectivity index (χ1n) is 6.40. The van der Waals surface area contributed by atoms with Gasteiger partial charge in [0.25, 0.3) is 0 Å². The van der Waals surface area contributed by atoms with E-state index in [0.717, 1.165) is 30.0 Å². The molecule has 2 aromatic rings. The average Bonchev–Trinajstić information content (AvgIpc) is 2.89. The van der Waals surface area contributed by atoms with Crippen molar-refractivity contribution in [1.29, 1.82) is 0 Å². The Bertz CT molecular complexity index is 551. The van der Waals surface area contributed by atoms with Crippen LogP contribution in [0.1, 0.15) is 32.1 Å². The lowest BCUT2D eigenvalue weighted by molar-refractivity contribution is 0.439. The van der Waals surface area contributed by atoms with Crippen LogP contribution in [-0.2, 0) is 0 Å². The van der Waals surface area contributed by atoms with Gasteiger partial charge in [0.2, 0.25) is 0 Å². The third-order valence-corrected chi connectivity index (χ3v) is 3.70. The molecule has 1 heterocycles. The van der Waals surface area contributed by atoms with Gasteiger partial charge < -0.3 is 9.73 Å². The highest BCUT2D eigenvalue weighted by Crippen LogP contribution is 2.30. The summed E-state index contributed by atoms with van der Waals surface area (Å²) in [6.07, 6.45) is 1.10. The third-order valence-electron chi connectivity index (χ3n) is 2.96. The molecule has 0 saturated carbocycles. The average molecular weight is 298 g/mol. The maximum absolute atomic E-state index is 6.02. The van der Waals surface area contributed by atoms with Gasteiger partial charge in [0.1, 0.15) is 11.5 Å². The predicted octanol–water partition coefficient (Wildman–Crippen LogP) is 5.31. The highest BCUT2D eigenvalue weighted by atomic mass is 35.5. The molecule has 1 aromatic heterocycles. The number of hydrogen-bond acceptors (Lipinski definition) is 2. The number of rotatable bonds is 5. The van der Waals surface area contributed by atoms with Gasteiger partial charge in [-0.1, -0.05) is 30.1 Å². The number of halogens is 2. The molecule has 0 fully saturated rings. The van der Waals surface area contributed by atoms with Crippen molar-refractivity contribution in [2.75, 3.05) is 6.54 Å². The molecule has 0 aliphatic carbocycles. The van der Waals surface area contributed by atoms with Crippen LogP contribution in [0.5, 0.6) is 0 Å². The zero-order valence-corrected chi connectivity index (χ0v) is 12.6. The minimum Gasteiger partial charge on any atom is -0.459 e. The summed E-state index contributed by atoms with van der Waals surface area (Å²) >= 11 is 11.9. The standard InChI is InChI=1S/C15H17Cl2NO/c1-3-8-18-10(2)14-6-7-15(19-14)11-4-5-12(16)13(17)9-11/h4-7,9-10,18H,3,8H2,1-2H3. The number of furan rings is 1. The van der Waals surface area contributed by atoms with E-state index in [1.54, 1.807) is 6.07 Å². The molecule has 0 amide bonds. The normalized spacial score (nSPS) is 12.6. The third kappa shape index (κ3) is 3.53. The number of hydrogen-bond donors (Lipinski definition) is 1. The van der Waals surface area contributed by atoms with Crippen molar-refractivity contribution in [3.05, 3.63) is 46.1 Å². The van der Waals surface area contributed by atoms with Gasteiger partial charge in [0.15, 0.2) is 0 Å². The van der Waals surface area contributed by atoms with E-state index in [4.69, 9.17) is 27.6 Å². The fourth-order valence-electron chi connectivity index (χ4n) is 1.85.